The van der Waals surface area contributed by atoms with Gasteiger partial charge in [0, 0.05) is 24.7 Å². The summed E-state index contributed by atoms with van der Waals surface area (Å²) in [6.45, 7) is 6.54. The first-order chi connectivity index (χ1) is 12.1. The van der Waals surface area contributed by atoms with E-state index in [0.717, 1.165) is 18.9 Å². The van der Waals surface area contributed by atoms with Crippen LogP contribution in [0.4, 0.5) is 9.18 Å². The summed E-state index contributed by atoms with van der Waals surface area (Å²) in [6.07, 6.45) is 2.95. The number of benzene rings is 1. The molecule has 0 spiro atoms. The highest BCUT2D eigenvalue weighted by atomic mass is 19.1. The second-order valence-electron chi connectivity index (χ2n) is 7.59. The van der Waals surface area contributed by atoms with E-state index in [1.165, 1.54) is 6.07 Å². The van der Waals surface area contributed by atoms with E-state index >= 15 is 0 Å². The first-order valence-corrected chi connectivity index (χ1v) is 8.60. The maximum Gasteiger partial charge on any atom is 0.410 e. The largest absolute Gasteiger partial charge is 0.444 e. The lowest BCUT2D eigenvalue weighted by molar-refractivity contribution is 0.0168. The molecule has 1 saturated heterocycles. The van der Waals surface area contributed by atoms with Gasteiger partial charge in [-0.25, -0.2) is 9.18 Å². The van der Waals surface area contributed by atoms with E-state index in [4.69, 9.17) is 10.5 Å². The number of halogens is 1. The van der Waals surface area contributed by atoms with Crippen molar-refractivity contribution in [1.82, 2.24) is 14.7 Å². The predicted octanol–water partition coefficient (Wildman–Crippen LogP) is 2.85. The molecule has 1 aromatic heterocycles. The number of fused-ring (bicyclic) bond motifs is 1. The minimum atomic E-state index is -0.723. The molecule has 1 aromatic carbocycles. The van der Waals surface area contributed by atoms with E-state index in [2.05, 4.69) is 5.10 Å². The minimum absolute atomic E-state index is 0.0542. The molecule has 2 N–H and O–H groups in total. The average molecular weight is 362 g/mol. The summed E-state index contributed by atoms with van der Waals surface area (Å²) in [5.41, 5.74) is 5.20. The molecule has 26 heavy (non-hydrogen) atoms. The second-order valence-corrected chi connectivity index (χ2v) is 7.59. The number of carbonyl (C=O) groups is 2. The summed E-state index contributed by atoms with van der Waals surface area (Å²) in [5, 5.41) is 4.95. The van der Waals surface area contributed by atoms with Gasteiger partial charge in [0.05, 0.1) is 11.6 Å². The van der Waals surface area contributed by atoms with Crippen LogP contribution in [-0.4, -0.2) is 45.4 Å². The summed E-state index contributed by atoms with van der Waals surface area (Å²) >= 11 is 0. The van der Waals surface area contributed by atoms with Gasteiger partial charge in [0.2, 0.25) is 0 Å². The third kappa shape index (κ3) is 3.79. The molecule has 0 radical (unpaired) electrons. The molecule has 0 saturated carbocycles. The Kier molecular flexibility index (Phi) is 4.60. The minimum Gasteiger partial charge on any atom is -0.444 e. The van der Waals surface area contributed by atoms with Crippen LogP contribution in [0, 0.1) is 5.82 Å². The van der Waals surface area contributed by atoms with E-state index in [1.54, 1.807) is 15.8 Å². The zero-order chi connectivity index (χ0) is 19.1. The van der Waals surface area contributed by atoms with Crippen molar-refractivity contribution in [3.05, 3.63) is 29.7 Å². The van der Waals surface area contributed by atoms with Crippen LogP contribution in [0.15, 0.2) is 18.3 Å². The van der Waals surface area contributed by atoms with Crippen LogP contribution in [0.2, 0.25) is 0 Å². The molecular weight excluding hydrogens is 339 g/mol. The van der Waals surface area contributed by atoms with Crippen LogP contribution >= 0.6 is 0 Å². The predicted molar refractivity (Wildman–Crippen MR) is 94.3 cm³/mol. The number of hydrogen-bond acceptors (Lipinski definition) is 4. The maximum atomic E-state index is 13.7. The van der Waals surface area contributed by atoms with E-state index in [1.807, 2.05) is 20.8 Å². The zero-order valence-electron chi connectivity index (χ0n) is 15.2. The standard InChI is InChI=1S/C18H23FN4O3/c1-18(2,3)26-17(25)22-6-4-5-13(10-22)23-9-11-7-12(19)8-14(16(20)24)15(11)21-23/h7-9,13H,4-6,10H2,1-3H3,(H2,20,24). The highest BCUT2D eigenvalue weighted by Gasteiger charge is 2.29. The summed E-state index contributed by atoms with van der Waals surface area (Å²) in [6, 6.07) is 2.34. The van der Waals surface area contributed by atoms with Crippen molar-refractivity contribution >= 4 is 22.9 Å². The number of rotatable bonds is 2. The van der Waals surface area contributed by atoms with Crippen molar-refractivity contribution < 1.29 is 18.7 Å². The lowest BCUT2D eigenvalue weighted by Gasteiger charge is -2.34. The van der Waals surface area contributed by atoms with Crippen LogP contribution in [-0.2, 0) is 4.74 Å². The Morgan fingerprint density at radius 2 is 2.08 bits per heavy atom. The molecule has 140 valence electrons. The third-order valence-electron chi connectivity index (χ3n) is 4.28. The molecule has 7 nitrogen and oxygen atoms in total. The number of likely N-dealkylation sites (tertiary alicyclic amines) is 1. The van der Waals surface area contributed by atoms with Gasteiger partial charge < -0.3 is 15.4 Å². The highest BCUT2D eigenvalue weighted by Crippen LogP contribution is 2.26. The van der Waals surface area contributed by atoms with Crippen LogP contribution < -0.4 is 5.73 Å². The Labute approximate surface area is 150 Å². The number of ether oxygens (including phenoxy) is 1. The number of aromatic nitrogens is 2. The summed E-state index contributed by atoms with van der Waals surface area (Å²) in [5.74, 6) is -1.26. The Hall–Kier alpha value is -2.64. The van der Waals surface area contributed by atoms with E-state index in [0.29, 0.717) is 24.0 Å². The SMILES string of the molecule is CC(C)(C)OC(=O)N1CCCC(n2cc3cc(F)cc(C(N)=O)c3n2)C1. The van der Waals surface area contributed by atoms with Crippen LogP contribution in [0.3, 0.4) is 0 Å². The molecule has 8 heteroatoms. The second kappa shape index (κ2) is 6.59. The number of primary amides is 1. The van der Waals surface area contributed by atoms with Crippen molar-refractivity contribution in [2.75, 3.05) is 13.1 Å². The first kappa shape index (κ1) is 18.2. The fourth-order valence-corrected chi connectivity index (χ4v) is 3.16. The molecule has 1 atom stereocenters. The van der Waals surface area contributed by atoms with E-state index in [-0.39, 0.29) is 17.7 Å². The van der Waals surface area contributed by atoms with Gasteiger partial charge in [0.25, 0.3) is 5.91 Å². The van der Waals surface area contributed by atoms with E-state index < -0.39 is 17.3 Å². The normalized spacial score (nSPS) is 18.2. The Morgan fingerprint density at radius 3 is 2.73 bits per heavy atom. The first-order valence-electron chi connectivity index (χ1n) is 8.60. The number of amides is 2. The fourth-order valence-electron chi connectivity index (χ4n) is 3.16. The van der Waals surface area contributed by atoms with Crippen LogP contribution in [0.1, 0.15) is 50.0 Å². The molecule has 2 heterocycles. The molecule has 2 amide bonds. The van der Waals surface area contributed by atoms with Crippen molar-refractivity contribution in [1.29, 1.82) is 0 Å². The van der Waals surface area contributed by atoms with Crippen molar-refractivity contribution in [3.8, 4) is 0 Å². The lowest BCUT2D eigenvalue weighted by atomic mass is 10.1. The quantitative estimate of drug-likeness (QED) is 0.889. The van der Waals surface area contributed by atoms with Gasteiger partial charge in [-0.1, -0.05) is 0 Å². The monoisotopic (exact) mass is 362 g/mol. The average Bonchev–Trinajstić information content (AvgIpc) is 2.96. The molecule has 0 aliphatic carbocycles. The molecule has 1 aliphatic heterocycles. The summed E-state index contributed by atoms with van der Waals surface area (Å²) < 4.78 is 20.8. The van der Waals surface area contributed by atoms with Crippen molar-refractivity contribution in [2.24, 2.45) is 5.73 Å². The molecule has 0 bridgehead atoms. The topological polar surface area (TPSA) is 90.5 Å². The summed E-state index contributed by atoms with van der Waals surface area (Å²) in [7, 11) is 0. The molecule has 1 fully saturated rings. The number of nitrogens with two attached hydrogens (primary N) is 1. The maximum absolute atomic E-state index is 13.7. The molecule has 1 unspecified atom stereocenters. The Balaban J connectivity index is 1.86. The van der Waals surface area contributed by atoms with Crippen LogP contribution in [0.25, 0.3) is 10.9 Å². The summed E-state index contributed by atoms with van der Waals surface area (Å²) in [4.78, 5) is 25.5. The number of hydrogen-bond donors (Lipinski definition) is 1. The number of carbonyl (C=O) groups excluding carboxylic acids is 2. The van der Waals surface area contributed by atoms with Gasteiger partial charge in [0.15, 0.2) is 0 Å². The smallest absolute Gasteiger partial charge is 0.410 e. The van der Waals surface area contributed by atoms with Gasteiger partial charge >= 0.3 is 6.09 Å². The van der Waals surface area contributed by atoms with Gasteiger partial charge in [-0.05, 0) is 45.7 Å². The van der Waals surface area contributed by atoms with Gasteiger partial charge in [-0.3, -0.25) is 9.48 Å². The van der Waals surface area contributed by atoms with Crippen molar-refractivity contribution in [3.63, 3.8) is 0 Å². The molecule has 3 rings (SSSR count). The fraction of sp³-hybridized carbons (Fsp3) is 0.500. The van der Waals surface area contributed by atoms with E-state index in [9.17, 15) is 14.0 Å². The molecular formula is C18H23FN4O3. The zero-order valence-corrected chi connectivity index (χ0v) is 15.2. The highest BCUT2D eigenvalue weighted by molar-refractivity contribution is 6.04. The third-order valence-corrected chi connectivity index (χ3v) is 4.28. The Morgan fingerprint density at radius 1 is 1.35 bits per heavy atom. The Bertz CT molecular complexity index is 856. The molecule has 1 aliphatic rings. The lowest BCUT2D eigenvalue weighted by Crippen LogP contribution is -2.43. The molecule has 2 aromatic rings. The van der Waals surface area contributed by atoms with Gasteiger partial charge in [-0.2, -0.15) is 5.10 Å². The van der Waals surface area contributed by atoms with Crippen molar-refractivity contribution in [2.45, 2.75) is 45.3 Å². The number of piperidine rings is 1. The van der Waals surface area contributed by atoms with Gasteiger partial charge in [-0.15, -0.1) is 0 Å². The number of nitrogens with zero attached hydrogens (tertiary/aromatic N) is 3. The van der Waals surface area contributed by atoms with Gasteiger partial charge in [0.1, 0.15) is 16.9 Å². The van der Waals surface area contributed by atoms with Crippen LogP contribution in [0.5, 0.6) is 0 Å².